The molecule has 31 heavy (non-hydrogen) atoms. The number of carbonyl (C=O) groups is 1. The molecule has 0 radical (unpaired) electrons. The summed E-state index contributed by atoms with van der Waals surface area (Å²) in [5.41, 5.74) is 1.29. The van der Waals surface area contributed by atoms with Crippen LogP contribution in [0, 0.1) is 0 Å². The highest BCUT2D eigenvalue weighted by atomic mass is 32.2. The summed E-state index contributed by atoms with van der Waals surface area (Å²) < 4.78 is 27.3. The third-order valence-corrected chi connectivity index (χ3v) is 7.61. The number of aliphatic hydroxyl groups is 1. The minimum Gasteiger partial charge on any atom is -0.391 e. The fraction of sp³-hybridized carbons (Fsp3) is 0.375. The van der Waals surface area contributed by atoms with Gasteiger partial charge in [-0.3, -0.25) is 4.79 Å². The zero-order chi connectivity index (χ0) is 22.4. The maximum absolute atomic E-state index is 13.0. The van der Waals surface area contributed by atoms with Gasteiger partial charge in [0.15, 0.2) is 0 Å². The summed E-state index contributed by atoms with van der Waals surface area (Å²) in [6, 6.07) is 15.1. The molecule has 1 amide bonds. The lowest BCUT2D eigenvalue weighted by molar-refractivity contribution is 0.0268. The van der Waals surface area contributed by atoms with E-state index in [2.05, 4.69) is 6.58 Å². The molecule has 166 valence electrons. The fourth-order valence-corrected chi connectivity index (χ4v) is 5.41. The van der Waals surface area contributed by atoms with Gasteiger partial charge in [0.1, 0.15) is 0 Å². The average molecular weight is 443 g/mol. The Bertz CT molecular complexity index is 990. The van der Waals surface area contributed by atoms with Crippen molar-refractivity contribution < 1.29 is 18.3 Å². The number of benzene rings is 2. The number of nitrogens with zero attached hydrogens (tertiary/aromatic N) is 2. The number of aliphatic hydroxyl groups excluding tert-OH is 1. The van der Waals surface area contributed by atoms with E-state index in [0.29, 0.717) is 5.56 Å². The van der Waals surface area contributed by atoms with Crippen LogP contribution in [-0.4, -0.2) is 54.4 Å². The Kier molecular flexibility index (Phi) is 7.64. The summed E-state index contributed by atoms with van der Waals surface area (Å²) in [5, 5.41) is 10.2. The minimum atomic E-state index is -3.66. The highest BCUT2D eigenvalue weighted by Gasteiger charge is 2.30. The molecule has 6 nitrogen and oxygen atoms in total. The Balaban J connectivity index is 1.74. The molecule has 0 unspecified atom stereocenters. The molecule has 0 aliphatic heterocycles. The molecule has 1 aliphatic rings. The molecule has 1 saturated carbocycles. The molecule has 0 heterocycles. The number of likely N-dealkylation sites (N-methyl/N-ethyl adjacent to an activating group) is 1. The maximum Gasteiger partial charge on any atom is 0.253 e. The predicted molar refractivity (Wildman–Crippen MR) is 121 cm³/mol. The van der Waals surface area contributed by atoms with Gasteiger partial charge in [-0.05, 0) is 42.7 Å². The van der Waals surface area contributed by atoms with Crippen molar-refractivity contribution in [3.8, 4) is 0 Å². The number of sulfonamides is 1. The lowest BCUT2D eigenvalue weighted by Gasteiger charge is -2.35. The summed E-state index contributed by atoms with van der Waals surface area (Å²) >= 11 is 0. The van der Waals surface area contributed by atoms with Crippen LogP contribution in [0.2, 0.25) is 0 Å². The Morgan fingerprint density at radius 3 is 2.35 bits per heavy atom. The van der Waals surface area contributed by atoms with Crippen LogP contribution in [0.15, 0.2) is 72.1 Å². The second-order valence-corrected chi connectivity index (χ2v) is 9.87. The van der Waals surface area contributed by atoms with Crippen LogP contribution in [0.25, 0.3) is 0 Å². The summed E-state index contributed by atoms with van der Waals surface area (Å²) in [6.07, 6.45) is 4.58. The van der Waals surface area contributed by atoms with Crippen molar-refractivity contribution in [1.29, 1.82) is 0 Å². The quantitative estimate of drug-likeness (QED) is 0.636. The van der Waals surface area contributed by atoms with Gasteiger partial charge in [-0.15, -0.1) is 6.58 Å². The molecule has 0 spiro atoms. The second-order valence-electron chi connectivity index (χ2n) is 7.93. The number of carbonyl (C=O) groups excluding carboxylic acids is 1. The van der Waals surface area contributed by atoms with Crippen molar-refractivity contribution in [2.24, 2.45) is 0 Å². The summed E-state index contributed by atoms with van der Waals surface area (Å²) in [6.45, 7) is 4.04. The van der Waals surface area contributed by atoms with E-state index in [1.165, 1.54) is 4.31 Å². The van der Waals surface area contributed by atoms with E-state index in [1.54, 1.807) is 72.6 Å². The van der Waals surface area contributed by atoms with E-state index < -0.39 is 16.1 Å². The third-order valence-electron chi connectivity index (χ3n) is 5.79. The summed E-state index contributed by atoms with van der Waals surface area (Å²) in [4.78, 5) is 14.7. The molecule has 0 aromatic heterocycles. The largest absolute Gasteiger partial charge is 0.391 e. The lowest BCUT2D eigenvalue weighted by atomic mass is 9.91. The number of amides is 1. The van der Waals surface area contributed by atoms with Crippen molar-refractivity contribution in [2.45, 2.75) is 49.3 Å². The molecule has 2 aromatic carbocycles. The number of hydrogen-bond acceptors (Lipinski definition) is 4. The lowest BCUT2D eigenvalue weighted by Crippen LogP contribution is -2.46. The highest BCUT2D eigenvalue weighted by molar-refractivity contribution is 7.89. The average Bonchev–Trinajstić information content (AvgIpc) is 2.79. The van der Waals surface area contributed by atoms with Crippen LogP contribution in [0.3, 0.4) is 0 Å². The van der Waals surface area contributed by atoms with Crippen LogP contribution in [0.5, 0.6) is 0 Å². The van der Waals surface area contributed by atoms with Gasteiger partial charge in [0.05, 0.1) is 17.0 Å². The zero-order valence-electron chi connectivity index (χ0n) is 17.9. The molecule has 1 fully saturated rings. The van der Waals surface area contributed by atoms with Crippen molar-refractivity contribution in [3.63, 3.8) is 0 Å². The first-order chi connectivity index (χ1) is 14.8. The minimum absolute atomic E-state index is 0.141. The molecule has 7 heteroatoms. The fourth-order valence-electron chi connectivity index (χ4n) is 3.99. The molecule has 0 saturated heterocycles. The van der Waals surface area contributed by atoms with E-state index >= 15 is 0 Å². The molecular formula is C24H30N2O4S. The topological polar surface area (TPSA) is 77.9 Å². The molecular weight excluding hydrogens is 412 g/mol. The van der Waals surface area contributed by atoms with Gasteiger partial charge in [0.25, 0.3) is 5.91 Å². The third kappa shape index (κ3) is 5.42. The van der Waals surface area contributed by atoms with Crippen LogP contribution in [0.4, 0.5) is 0 Å². The van der Waals surface area contributed by atoms with Crippen molar-refractivity contribution in [3.05, 3.63) is 78.4 Å². The number of hydrogen-bond donors (Lipinski definition) is 1. The Hall–Kier alpha value is -2.48. The maximum atomic E-state index is 13.0. The van der Waals surface area contributed by atoms with E-state index in [1.807, 2.05) is 0 Å². The second kappa shape index (κ2) is 10.2. The van der Waals surface area contributed by atoms with Crippen LogP contribution < -0.4 is 0 Å². The Labute approximate surface area is 184 Å². The zero-order valence-corrected chi connectivity index (χ0v) is 18.7. The van der Waals surface area contributed by atoms with E-state index in [9.17, 15) is 18.3 Å². The molecule has 0 bridgehead atoms. The van der Waals surface area contributed by atoms with Crippen LogP contribution in [-0.2, 0) is 16.6 Å². The predicted octanol–water partition coefficient (Wildman–Crippen LogP) is 3.44. The van der Waals surface area contributed by atoms with E-state index in [0.717, 1.165) is 31.2 Å². The van der Waals surface area contributed by atoms with Gasteiger partial charge in [-0.2, -0.15) is 4.31 Å². The van der Waals surface area contributed by atoms with Crippen LogP contribution in [0.1, 0.15) is 41.6 Å². The first kappa shape index (κ1) is 23.2. The van der Waals surface area contributed by atoms with Gasteiger partial charge in [0, 0.05) is 25.7 Å². The first-order valence-electron chi connectivity index (χ1n) is 10.5. The van der Waals surface area contributed by atoms with Crippen LogP contribution >= 0.6 is 0 Å². The smallest absolute Gasteiger partial charge is 0.253 e. The molecule has 1 aliphatic carbocycles. The van der Waals surface area contributed by atoms with Gasteiger partial charge < -0.3 is 10.0 Å². The van der Waals surface area contributed by atoms with E-state index in [-0.39, 0.29) is 29.9 Å². The van der Waals surface area contributed by atoms with E-state index in [4.69, 9.17) is 0 Å². The standard InChI is InChI=1S/C24H30N2O4S/c1-3-17-26(31(29,30)21-9-5-4-6-10-21)18-19-13-15-20(16-14-19)24(28)25(2)22-11-7-8-12-23(22)27/h3-6,9-10,13-16,22-23,27H,1,7-8,11-12,17-18H2,2H3/t22-,23-/m1/s1. The molecule has 1 N–H and O–H groups in total. The van der Waals surface area contributed by atoms with Gasteiger partial charge in [-0.1, -0.05) is 49.2 Å². The first-order valence-corrected chi connectivity index (χ1v) is 12.0. The molecule has 3 rings (SSSR count). The summed E-state index contributed by atoms with van der Waals surface area (Å²) in [5.74, 6) is -0.141. The number of rotatable bonds is 8. The van der Waals surface area contributed by atoms with Crippen molar-refractivity contribution >= 4 is 15.9 Å². The summed E-state index contributed by atoms with van der Waals surface area (Å²) in [7, 11) is -1.93. The monoisotopic (exact) mass is 442 g/mol. The highest BCUT2D eigenvalue weighted by Crippen LogP contribution is 2.24. The van der Waals surface area contributed by atoms with Gasteiger partial charge in [-0.25, -0.2) is 8.42 Å². The van der Waals surface area contributed by atoms with Gasteiger partial charge in [0.2, 0.25) is 10.0 Å². The van der Waals surface area contributed by atoms with Gasteiger partial charge >= 0.3 is 0 Å². The Morgan fingerprint density at radius 2 is 1.74 bits per heavy atom. The molecule has 2 atom stereocenters. The van der Waals surface area contributed by atoms with Crippen molar-refractivity contribution in [2.75, 3.05) is 13.6 Å². The SMILES string of the molecule is C=CCN(Cc1ccc(C(=O)N(C)[C@@H]2CCCC[C@H]2O)cc1)S(=O)(=O)c1ccccc1. The normalized spacial score (nSPS) is 19.2. The Morgan fingerprint density at radius 1 is 1.10 bits per heavy atom. The molecule has 2 aromatic rings. The van der Waals surface area contributed by atoms with Crippen molar-refractivity contribution in [1.82, 2.24) is 9.21 Å².